The Labute approximate surface area is 173 Å². The van der Waals surface area contributed by atoms with E-state index in [4.69, 9.17) is 9.47 Å². The van der Waals surface area contributed by atoms with Crippen molar-refractivity contribution in [1.82, 2.24) is 10.2 Å². The van der Waals surface area contributed by atoms with Crippen LogP contribution in [0.3, 0.4) is 0 Å². The van der Waals surface area contributed by atoms with E-state index in [1.54, 1.807) is 31.4 Å². The molecule has 3 rings (SSSR count). The smallest absolute Gasteiger partial charge is 0.255 e. The topological polar surface area (TPSA) is 62.8 Å². The predicted molar refractivity (Wildman–Crippen MR) is 116 cm³/mol. The molecular weight excluding hydrogens is 366 g/mol. The molecule has 1 aliphatic heterocycles. The Morgan fingerprint density at radius 1 is 1.14 bits per heavy atom. The van der Waals surface area contributed by atoms with Crippen LogP contribution in [0.5, 0.6) is 5.75 Å². The van der Waals surface area contributed by atoms with Gasteiger partial charge in [0.05, 0.1) is 20.3 Å². The fraction of sp³-hybridized carbons (Fsp3) is 0.435. The average molecular weight is 398 g/mol. The van der Waals surface area contributed by atoms with Gasteiger partial charge in [-0.25, -0.2) is 0 Å². The van der Waals surface area contributed by atoms with Crippen molar-refractivity contribution < 1.29 is 14.3 Å². The second kappa shape index (κ2) is 10.4. The average Bonchev–Trinajstić information content (AvgIpc) is 2.77. The number of rotatable bonds is 8. The second-order valence-corrected chi connectivity index (χ2v) is 7.44. The minimum Gasteiger partial charge on any atom is -0.497 e. The number of ether oxygens (including phenoxy) is 2. The van der Waals surface area contributed by atoms with Crippen LogP contribution >= 0.6 is 0 Å². The minimum absolute atomic E-state index is 0.132. The Morgan fingerprint density at radius 2 is 1.86 bits per heavy atom. The minimum atomic E-state index is -0.132. The van der Waals surface area contributed by atoms with Crippen LogP contribution in [0.25, 0.3) is 0 Å². The molecule has 2 unspecified atom stereocenters. The summed E-state index contributed by atoms with van der Waals surface area (Å²) in [5, 5.41) is 6.58. The quantitative estimate of drug-likeness (QED) is 0.717. The highest BCUT2D eigenvalue weighted by molar-refractivity contribution is 6.04. The maximum Gasteiger partial charge on any atom is 0.255 e. The van der Waals surface area contributed by atoms with Crippen LogP contribution in [-0.4, -0.2) is 56.3 Å². The van der Waals surface area contributed by atoms with E-state index < -0.39 is 0 Å². The lowest BCUT2D eigenvalue weighted by atomic mass is 10.1. The number of carbonyl (C=O) groups excluding carboxylic acids is 1. The number of methoxy groups -OCH3 is 1. The van der Waals surface area contributed by atoms with Crippen LogP contribution < -0.4 is 15.4 Å². The lowest BCUT2D eigenvalue weighted by molar-refractivity contribution is 0.0135. The third-order valence-corrected chi connectivity index (χ3v) is 5.51. The summed E-state index contributed by atoms with van der Waals surface area (Å²) in [6.07, 6.45) is 0. The summed E-state index contributed by atoms with van der Waals surface area (Å²) in [6, 6.07) is 15.8. The highest BCUT2D eigenvalue weighted by Gasteiger charge is 2.21. The molecular formula is C23H31N3O3. The molecule has 1 amide bonds. The molecule has 2 N–H and O–H groups in total. The maximum atomic E-state index is 12.5. The summed E-state index contributed by atoms with van der Waals surface area (Å²) in [6.45, 7) is 8.83. The van der Waals surface area contributed by atoms with E-state index in [9.17, 15) is 4.79 Å². The van der Waals surface area contributed by atoms with E-state index in [2.05, 4.69) is 35.4 Å². The number of benzene rings is 2. The van der Waals surface area contributed by atoms with Crippen molar-refractivity contribution in [3.8, 4) is 5.75 Å². The maximum absolute atomic E-state index is 12.5. The van der Waals surface area contributed by atoms with E-state index in [-0.39, 0.29) is 5.91 Å². The fourth-order valence-corrected chi connectivity index (χ4v) is 3.46. The van der Waals surface area contributed by atoms with Crippen molar-refractivity contribution in [1.29, 1.82) is 0 Å². The van der Waals surface area contributed by atoms with Crippen molar-refractivity contribution >= 4 is 11.6 Å². The van der Waals surface area contributed by atoms with E-state index in [0.29, 0.717) is 17.6 Å². The first-order chi connectivity index (χ1) is 14.1. The molecule has 1 heterocycles. The zero-order chi connectivity index (χ0) is 20.6. The van der Waals surface area contributed by atoms with Gasteiger partial charge in [-0.1, -0.05) is 12.1 Å². The Hall–Kier alpha value is -2.41. The van der Waals surface area contributed by atoms with E-state index >= 15 is 0 Å². The third kappa shape index (κ3) is 6.03. The summed E-state index contributed by atoms with van der Waals surface area (Å²) in [5.41, 5.74) is 2.53. The van der Waals surface area contributed by atoms with Gasteiger partial charge < -0.3 is 20.1 Å². The van der Waals surface area contributed by atoms with Gasteiger partial charge >= 0.3 is 0 Å². The number of anilines is 1. The van der Waals surface area contributed by atoms with Crippen LogP contribution in [-0.2, 0) is 11.3 Å². The van der Waals surface area contributed by atoms with Crippen molar-refractivity contribution in [2.75, 3.05) is 38.7 Å². The molecule has 1 aliphatic rings. The molecule has 2 atom stereocenters. The third-order valence-electron chi connectivity index (χ3n) is 5.51. The normalized spacial score (nSPS) is 16.8. The fourth-order valence-electron chi connectivity index (χ4n) is 3.46. The number of nitrogens with one attached hydrogen (secondary N) is 2. The first-order valence-corrected chi connectivity index (χ1v) is 10.2. The van der Waals surface area contributed by atoms with E-state index in [1.165, 1.54) is 0 Å². The Kier molecular flexibility index (Phi) is 7.63. The van der Waals surface area contributed by atoms with Gasteiger partial charge in [-0.05, 0) is 55.8 Å². The molecule has 1 fully saturated rings. The van der Waals surface area contributed by atoms with Crippen molar-refractivity contribution in [2.24, 2.45) is 0 Å². The molecule has 0 bridgehead atoms. The van der Waals surface area contributed by atoms with Gasteiger partial charge in [0.1, 0.15) is 5.75 Å². The standard InChI is InChI=1S/C23H31N3O3/c1-17(18(2)26-11-13-29-14-12-26)24-16-19-5-4-6-21(15-19)25-23(27)20-7-9-22(28-3)10-8-20/h4-10,15,17-18,24H,11-14,16H2,1-3H3,(H,25,27). The van der Waals surface area contributed by atoms with Gasteiger partial charge in [-0.15, -0.1) is 0 Å². The predicted octanol–water partition coefficient (Wildman–Crippen LogP) is 3.15. The highest BCUT2D eigenvalue weighted by atomic mass is 16.5. The molecule has 2 aromatic carbocycles. The number of hydrogen-bond acceptors (Lipinski definition) is 5. The number of nitrogens with zero attached hydrogens (tertiary/aromatic N) is 1. The van der Waals surface area contributed by atoms with Gasteiger partial charge in [0, 0.05) is 43.0 Å². The molecule has 1 saturated heterocycles. The van der Waals surface area contributed by atoms with Gasteiger partial charge in [0.2, 0.25) is 0 Å². The largest absolute Gasteiger partial charge is 0.497 e. The summed E-state index contributed by atoms with van der Waals surface area (Å²) < 4.78 is 10.6. The molecule has 0 saturated carbocycles. The van der Waals surface area contributed by atoms with Crippen LogP contribution in [0.4, 0.5) is 5.69 Å². The van der Waals surface area contributed by atoms with Crippen LogP contribution in [0.15, 0.2) is 48.5 Å². The van der Waals surface area contributed by atoms with Crippen LogP contribution in [0.2, 0.25) is 0 Å². The molecule has 0 spiro atoms. The zero-order valence-corrected chi connectivity index (χ0v) is 17.5. The molecule has 0 aliphatic carbocycles. The van der Waals surface area contributed by atoms with E-state index in [1.807, 2.05) is 18.2 Å². The lowest BCUT2D eigenvalue weighted by Gasteiger charge is -2.36. The molecule has 0 aromatic heterocycles. The van der Waals surface area contributed by atoms with Crippen LogP contribution in [0, 0.1) is 0 Å². The molecule has 29 heavy (non-hydrogen) atoms. The molecule has 156 valence electrons. The van der Waals surface area contributed by atoms with Gasteiger partial charge in [0.15, 0.2) is 0 Å². The SMILES string of the molecule is COc1ccc(C(=O)Nc2cccc(CNC(C)C(C)N3CCOCC3)c2)cc1. The van der Waals surface area contributed by atoms with Gasteiger partial charge in [0.25, 0.3) is 5.91 Å². The van der Waals surface area contributed by atoms with Gasteiger partial charge in [-0.3, -0.25) is 9.69 Å². The Balaban J connectivity index is 1.53. The summed E-state index contributed by atoms with van der Waals surface area (Å²) in [7, 11) is 1.61. The molecule has 6 heteroatoms. The van der Waals surface area contributed by atoms with Crippen molar-refractivity contribution in [2.45, 2.75) is 32.5 Å². The number of hydrogen-bond donors (Lipinski definition) is 2. The van der Waals surface area contributed by atoms with E-state index in [0.717, 1.165) is 49.8 Å². The molecule has 0 radical (unpaired) electrons. The lowest BCUT2D eigenvalue weighted by Crippen LogP contribution is -2.50. The highest BCUT2D eigenvalue weighted by Crippen LogP contribution is 2.16. The Morgan fingerprint density at radius 3 is 2.55 bits per heavy atom. The second-order valence-electron chi connectivity index (χ2n) is 7.44. The monoisotopic (exact) mass is 397 g/mol. The Bertz CT molecular complexity index is 788. The summed E-state index contributed by atoms with van der Waals surface area (Å²) in [4.78, 5) is 14.9. The number of carbonyl (C=O) groups is 1. The summed E-state index contributed by atoms with van der Waals surface area (Å²) >= 11 is 0. The molecule has 2 aromatic rings. The first-order valence-electron chi connectivity index (χ1n) is 10.2. The van der Waals surface area contributed by atoms with Gasteiger partial charge in [-0.2, -0.15) is 0 Å². The zero-order valence-electron chi connectivity index (χ0n) is 17.5. The van der Waals surface area contributed by atoms with Crippen molar-refractivity contribution in [3.05, 3.63) is 59.7 Å². The molecule has 6 nitrogen and oxygen atoms in total. The van der Waals surface area contributed by atoms with Crippen LogP contribution in [0.1, 0.15) is 29.8 Å². The number of amides is 1. The number of morpholine rings is 1. The first kappa shape index (κ1) is 21.3. The van der Waals surface area contributed by atoms with Crippen molar-refractivity contribution in [3.63, 3.8) is 0 Å². The summed E-state index contributed by atoms with van der Waals surface area (Å²) in [5.74, 6) is 0.599.